The van der Waals surface area contributed by atoms with Gasteiger partial charge in [-0.15, -0.1) is 0 Å². The molecule has 2 heterocycles. The number of hydrogen-bond acceptors (Lipinski definition) is 10. The molecule has 1 saturated heterocycles. The van der Waals surface area contributed by atoms with E-state index in [2.05, 4.69) is 15.1 Å². The topological polar surface area (TPSA) is 165 Å². The number of alkyl carbamates (subject to hydrolysis) is 1. The van der Waals surface area contributed by atoms with Crippen LogP contribution in [0.4, 0.5) is 15.1 Å². The zero-order valence-corrected chi connectivity index (χ0v) is 19.8. The van der Waals surface area contributed by atoms with E-state index in [9.17, 15) is 14.0 Å². The van der Waals surface area contributed by atoms with Gasteiger partial charge in [0.15, 0.2) is 5.96 Å². The number of nitrogens with zero attached hydrogens (tertiary/aromatic N) is 4. The van der Waals surface area contributed by atoms with Crippen LogP contribution in [0.5, 0.6) is 0 Å². The predicted octanol–water partition coefficient (Wildman–Crippen LogP) is 2.33. The highest BCUT2D eigenvalue weighted by Gasteiger charge is 2.19. The van der Waals surface area contributed by atoms with Gasteiger partial charge >= 0.3 is 12.1 Å². The summed E-state index contributed by atoms with van der Waals surface area (Å²) < 4.78 is 24.7. The molecule has 0 bridgehead atoms. The van der Waals surface area contributed by atoms with Gasteiger partial charge in [-0.2, -0.15) is 0 Å². The van der Waals surface area contributed by atoms with E-state index in [1.54, 1.807) is 19.1 Å². The third-order valence-electron chi connectivity index (χ3n) is 5.14. The Hall–Kier alpha value is -4.29. The third kappa shape index (κ3) is 7.61. The van der Waals surface area contributed by atoms with E-state index < -0.39 is 17.9 Å². The largest absolute Gasteiger partial charge is 0.466 e. The molecule has 13 heteroatoms. The minimum atomic E-state index is -0.946. The first-order chi connectivity index (χ1) is 17.4. The molecule has 0 spiro atoms. The van der Waals surface area contributed by atoms with Crippen LogP contribution in [-0.4, -0.2) is 60.0 Å². The Morgan fingerprint density at radius 3 is 2.61 bits per heavy atom. The molecule has 192 valence electrons. The highest BCUT2D eigenvalue weighted by Crippen LogP contribution is 2.25. The van der Waals surface area contributed by atoms with Gasteiger partial charge < -0.3 is 24.9 Å². The molecule has 1 amide bonds. The van der Waals surface area contributed by atoms with Crippen molar-refractivity contribution in [3.05, 3.63) is 42.0 Å². The Morgan fingerprint density at radius 1 is 1.22 bits per heavy atom. The van der Waals surface area contributed by atoms with Crippen molar-refractivity contribution in [3.63, 3.8) is 0 Å². The van der Waals surface area contributed by atoms with Crippen LogP contribution < -0.4 is 16.0 Å². The number of oxime groups is 1. The fraction of sp³-hybridized carbons (Fsp3) is 0.391. The normalized spacial score (nSPS) is 13.1. The number of rotatable bonds is 9. The molecule has 1 aromatic heterocycles. The number of anilines is 1. The fourth-order valence-electron chi connectivity index (χ4n) is 3.38. The van der Waals surface area contributed by atoms with E-state index in [0.29, 0.717) is 44.0 Å². The average Bonchev–Trinajstić information content (AvgIpc) is 2.86. The molecule has 3 rings (SSSR count). The number of guanidine groups is 1. The number of aromatic nitrogens is 2. The maximum atomic E-state index is 15.0. The highest BCUT2D eigenvalue weighted by molar-refractivity contribution is 5.90. The van der Waals surface area contributed by atoms with Crippen molar-refractivity contribution < 1.29 is 28.3 Å². The number of nitrogens with one attached hydrogen (secondary N) is 2. The van der Waals surface area contributed by atoms with Crippen molar-refractivity contribution in [2.24, 2.45) is 10.9 Å². The number of amides is 1. The van der Waals surface area contributed by atoms with E-state index in [1.165, 1.54) is 18.5 Å². The minimum absolute atomic E-state index is 0.155. The predicted molar refractivity (Wildman–Crippen MR) is 129 cm³/mol. The molecule has 4 N–H and O–H groups in total. The number of halogens is 1. The van der Waals surface area contributed by atoms with Gasteiger partial charge in [-0.3, -0.25) is 15.5 Å². The zero-order chi connectivity index (χ0) is 25.9. The summed E-state index contributed by atoms with van der Waals surface area (Å²) in [5, 5.41) is 13.1. The number of hydrogen-bond donors (Lipinski definition) is 3. The number of piperidine rings is 1. The molecule has 2 aromatic rings. The fourth-order valence-corrected chi connectivity index (χ4v) is 3.38. The number of ether oxygens (including phenoxy) is 2. The summed E-state index contributed by atoms with van der Waals surface area (Å²) in [6, 6.07) is 4.70. The molecule has 1 aliphatic heterocycles. The van der Waals surface area contributed by atoms with Gasteiger partial charge in [-0.25, -0.2) is 19.2 Å². The van der Waals surface area contributed by atoms with Crippen molar-refractivity contribution in [2.45, 2.75) is 32.8 Å². The van der Waals surface area contributed by atoms with E-state index in [1.807, 2.05) is 10.2 Å². The van der Waals surface area contributed by atoms with Crippen LogP contribution in [0.25, 0.3) is 11.1 Å². The molecule has 0 atom stereocenters. The SMILES string of the molecule is CCOC(=O)CCON=C1CCN(c2ncc(-c3cccc(COC(=O)NC(=N)N)c3F)cn2)CC1. The second-order valence-electron chi connectivity index (χ2n) is 7.70. The molecule has 0 unspecified atom stereocenters. The Morgan fingerprint density at radius 2 is 1.94 bits per heavy atom. The zero-order valence-electron chi connectivity index (χ0n) is 19.8. The van der Waals surface area contributed by atoms with Crippen molar-refractivity contribution in [3.8, 4) is 11.1 Å². The van der Waals surface area contributed by atoms with Crippen molar-refractivity contribution >= 4 is 29.7 Å². The number of carbonyl (C=O) groups is 2. The number of carbonyl (C=O) groups excluding carboxylic acids is 2. The highest BCUT2D eigenvalue weighted by atomic mass is 19.1. The van der Waals surface area contributed by atoms with Gasteiger partial charge in [-0.1, -0.05) is 23.4 Å². The monoisotopic (exact) mass is 501 g/mol. The molecule has 0 radical (unpaired) electrons. The molecule has 36 heavy (non-hydrogen) atoms. The van der Waals surface area contributed by atoms with Crippen LogP contribution in [0, 0.1) is 11.2 Å². The first kappa shape index (κ1) is 26.3. The summed E-state index contributed by atoms with van der Waals surface area (Å²) in [6.45, 7) is 3.21. The molecule has 0 aliphatic carbocycles. The van der Waals surface area contributed by atoms with Crippen LogP contribution in [-0.2, 0) is 25.7 Å². The summed E-state index contributed by atoms with van der Waals surface area (Å²) in [5.74, 6) is -0.929. The second kappa shape index (κ2) is 13.0. The smallest absolute Gasteiger partial charge is 0.414 e. The molecule has 0 saturated carbocycles. The average molecular weight is 502 g/mol. The lowest BCUT2D eigenvalue weighted by Crippen LogP contribution is -2.36. The van der Waals surface area contributed by atoms with Crippen LogP contribution >= 0.6 is 0 Å². The Balaban J connectivity index is 1.54. The molecular weight excluding hydrogens is 473 g/mol. The maximum Gasteiger partial charge on any atom is 0.414 e. The third-order valence-corrected chi connectivity index (χ3v) is 5.14. The number of esters is 1. The number of benzene rings is 1. The summed E-state index contributed by atoms with van der Waals surface area (Å²) in [6.07, 6.45) is 3.61. The van der Waals surface area contributed by atoms with E-state index >= 15 is 0 Å². The van der Waals surface area contributed by atoms with Crippen LogP contribution in [0.1, 0.15) is 31.7 Å². The summed E-state index contributed by atoms with van der Waals surface area (Å²) >= 11 is 0. The first-order valence-electron chi connectivity index (χ1n) is 11.3. The summed E-state index contributed by atoms with van der Waals surface area (Å²) in [7, 11) is 0. The first-order valence-corrected chi connectivity index (χ1v) is 11.3. The molecule has 1 aromatic carbocycles. The minimum Gasteiger partial charge on any atom is -0.466 e. The molecular formula is C23H28FN7O5. The number of nitrogens with two attached hydrogens (primary N) is 1. The van der Waals surface area contributed by atoms with Gasteiger partial charge in [0.2, 0.25) is 5.95 Å². The molecule has 1 aliphatic rings. The Bertz CT molecular complexity index is 1100. The van der Waals surface area contributed by atoms with Gasteiger partial charge in [0.1, 0.15) is 19.0 Å². The molecule has 12 nitrogen and oxygen atoms in total. The van der Waals surface area contributed by atoms with Crippen molar-refractivity contribution in [1.29, 1.82) is 5.41 Å². The van der Waals surface area contributed by atoms with Gasteiger partial charge in [-0.05, 0) is 6.92 Å². The lowest BCUT2D eigenvalue weighted by Gasteiger charge is -2.27. The lowest BCUT2D eigenvalue weighted by molar-refractivity contribution is -0.144. The van der Waals surface area contributed by atoms with Gasteiger partial charge in [0.25, 0.3) is 0 Å². The quantitative estimate of drug-likeness (QED) is 0.154. The van der Waals surface area contributed by atoms with Crippen LogP contribution in [0.3, 0.4) is 0 Å². The Kier molecular flexibility index (Phi) is 9.48. The lowest BCUT2D eigenvalue weighted by atomic mass is 10.1. The summed E-state index contributed by atoms with van der Waals surface area (Å²) in [5.41, 5.74) is 6.85. The Labute approximate surface area is 207 Å². The van der Waals surface area contributed by atoms with E-state index in [0.717, 1.165) is 5.71 Å². The maximum absolute atomic E-state index is 15.0. The standard InChI is InChI=1S/C23H28FN7O5/c1-2-34-19(32)8-11-36-30-17-6-9-31(10-7-17)22-27-12-16(13-28-22)18-5-3-4-15(20(18)24)14-35-23(33)29-21(25)26/h3-5,12-13H,2,6-11,14H2,1H3,(H4,25,26,29,33). The van der Waals surface area contributed by atoms with Gasteiger partial charge in [0.05, 0.1) is 18.7 Å². The second-order valence-corrected chi connectivity index (χ2v) is 7.70. The van der Waals surface area contributed by atoms with Gasteiger partial charge in [0, 0.05) is 55.0 Å². The van der Waals surface area contributed by atoms with Crippen molar-refractivity contribution in [1.82, 2.24) is 15.3 Å². The van der Waals surface area contributed by atoms with Crippen molar-refractivity contribution in [2.75, 3.05) is 31.2 Å². The van der Waals surface area contributed by atoms with E-state index in [4.69, 9.17) is 25.5 Å². The van der Waals surface area contributed by atoms with Crippen LogP contribution in [0.15, 0.2) is 35.7 Å². The summed E-state index contributed by atoms with van der Waals surface area (Å²) in [4.78, 5) is 38.8. The van der Waals surface area contributed by atoms with E-state index in [-0.39, 0.29) is 36.7 Å². The molecule has 1 fully saturated rings. The van der Waals surface area contributed by atoms with Crippen LogP contribution in [0.2, 0.25) is 0 Å².